The van der Waals surface area contributed by atoms with Crippen LogP contribution >= 0.6 is 0 Å². The Morgan fingerprint density at radius 2 is 0.822 bits per heavy atom. The van der Waals surface area contributed by atoms with Crippen LogP contribution in [-0.2, 0) is 5.41 Å². The molecule has 1 aliphatic carbocycles. The molecule has 0 bridgehead atoms. The van der Waals surface area contributed by atoms with Gasteiger partial charge in [-0.3, -0.25) is 0 Å². The molecule has 0 atom stereocenters. The number of hydrogen-bond acceptors (Lipinski definition) is 1. The first kappa shape index (κ1) is 42.6. The van der Waals surface area contributed by atoms with Crippen LogP contribution in [0.25, 0.3) is 99.5 Å². The Morgan fingerprint density at radius 1 is 0.342 bits per heavy atom. The number of benzene rings is 11. The van der Waals surface area contributed by atoms with Crippen LogP contribution in [0.4, 0.5) is 21.5 Å². The molecule has 0 aliphatic heterocycles. The molecule has 0 radical (unpaired) electrons. The highest BCUT2D eigenvalue weighted by Crippen LogP contribution is 2.54. The van der Waals surface area contributed by atoms with Crippen LogP contribution in [0.3, 0.4) is 0 Å². The van der Waals surface area contributed by atoms with Crippen molar-refractivity contribution in [2.75, 3.05) is 4.90 Å². The van der Waals surface area contributed by atoms with Gasteiger partial charge in [0.15, 0.2) is 0 Å². The van der Waals surface area contributed by atoms with E-state index in [1.807, 2.05) is 12.1 Å². The van der Waals surface area contributed by atoms with Gasteiger partial charge in [0.2, 0.25) is 0 Å². The predicted molar refractivity (Wildman–Crippen MR) is 304 cm³/mol. The Bertz CT molecular complexity index is 4120. The summed E-state index contributed by atoms with van der Waals surface area (Å²) < 4.78 is 19.5. The molecule has 0 spiro atoms. The van der Waals surface area contributed by atoms with Crippen molar-refractivity contribution < 1.29 is 4.39 Å². The number of hydrogen-bond donors (Lipinski definition) is 0. The summed E-state index contributed by atoms with van der Waals surface area (Å²) in [7, 11) is 0. The predicted octanol–water partition coefficient (Wildman–Crippen LogP) is 18.8. The van der Waals surface area contributed by atoms with Crippen LogP contribution in [0.1, 0.15) is 25.0 Å². The summed E-state index contributed by atoms with van der Waals surface area (Å²) in [5.74, 6) is -0.266. The molecule has 11 aromatic carbocycles. The minimum atomic E-state index is -0.266. The second-order valence-corrected chi connectivity index (χ2v) is 19.9. The molecular formula is C69H48FN3. The van der Waals surface area contributed by atoms with Crippen LogP contribution in [0.5, 0.6) is 0 Å². The number of halogens is 1. The standard InChI is InChI=1S/C69H48FN3/c1-69(2)61-26-12-9-25-58(61)68-62(69)27-16-30-67(68)71(54-35-33-51(70)34-36-54)55-22-15-17-45(42-55)48-39-49(46-31-37-65-59(43-46)56-23-10-13-28-63(56)72(65)52-18-5-3-6-19-52)41-50(40-48)47-32-38-66-60(44-47)57-24-11-14-29-64(57)73(66)53-20-7-4-8-21-53/h3-44H,1-2H3. The Kier molecular flexibility index (Phi) is 9.74. The van der Waals surface area contributed by atoms with Gasteiger partial charge in [0.25, 0.3) is 0 Å². The van der Waals surface area contributed by atoms with Gasteiger partial charge in [-0.15, -0.1) is 0 Å². The van der Waals surface area contributed by atoms with E-state index in [4.69, 9.17) is 0 Å². The van der Waals surface area contributed by atoms with E-state index >= 15 is 0 Å². The van der Waals surface area contributed by atoms with Crippen molar-refractivity contribution >= 4 is 60.7 Å². The van der Waals surface area contributed by atoms with E-state index in [-0.39, 0.29) is 11.2 Å². The minimum absolute atomic E-state index is 0.186. The van der Waals surface area contributed by atoms with Crippen LogP contribution in [-0.4, -0.2) is 9.13 Å². The lowest BCUT2D eigenvalue weighted by Crippen LogP contribution is -2.16. The minimum Gasteiger partial charge on any atom is -0.310 e. The SMILES string of the molecule is CC1(C)c2ccccc2-c2c(N(c3ccc(F)cc3)c3cccc(-c4cc(-c5ccc6c(c5)c5ccccc5n6-c5ccccc5)cc(-c5ccc6c(c5)c5ccccc5n6-c5ccccc5)c4)c3)cccc21. The topological polar surface area (TPSA) is 13.1 Å². The summed E-state index contributed by atoms with van der Waals surface area (Å²) in [5, 5.41) is 4.84. The highest BCUT2D eigenvalue weighted by atomic mass is 19.1. The summed E-state index contributed by atoms with van der Waals surface area (Å²) in [6.45, 7) is 4.62. The van der Waals surface area contributed by atoms with E-state index in [1.54, 1.807) is 12.1 Å². The summed E-state index contributed by atoms with van der Waals surface area (Å²) in [4.78, 5) is 2.30. The smallest absolute Gasteiger partial charge is 0.123 e. The molecule has 14 rings (SSSR count). The molecule has 0 saturated heterocycles. The number of nitrogens with zero attached hydrogens (tertiary/aromatic N) is 3. The van der Waals surface area contributed by atoms with E-state index in [0.29, 0.717) is 0 Å². The average Bonchev–Trinajstić information content (AvgIpc) is 4.05. The first-order valence-corrected chi connectivity index (χ1v) is 25.1. The third-order valence-corrected chi connectivity index (χ3v) is 15.3. The van der Waals surface area contributed by atoms with Crippen molar-refractivity contribution in [2.45, 2.75) is 19.3 Å². The largest absolute Gasteiger partial charge is 0.310 e. The van der Waals surface area contributed by atoms with E-state index in [2.05, 4.69) is 258 Å². The fraction of sp³-hybridized carbons (Fsp3) is 0.0435. The quantitative estimate of drug-likeness (QED) is 0.148. The third-order valence-electron chi connectivity index (χ3n) is 15.3. The first-order chi connectivity index (χ1) is 35.9. The second kappa shape index (κ2) is 16.7. The van der Waals surface area contributed by atoms with Crippen LogP contribution in [0.2, 0.25) is 0 Å². The second-order valence-electron chi connectivity index (χ2n) is 19.9. The fourth-order valence-electron chi connectivity index (χ4n) is 11.9. The highest BCUT2D eigenvalue weighted by Gasteiger charge is 2.37. The van der Waals surface area contributed by atoms with Gasteiger partial charge in [-0.25, -0.2) is 4.39 Å². The lowest BCUT2D eigenvalue weighted by atomic mass is 9.82. The lowest BCUT2D eigenvalue weighted by molar-refractivity contribution is 0.628. The molecule has 0 amide bonds. The molecule has 2 aromatic heterocycles. The van der Waals surface area contributed by atoms with E-state index < -0.39 is 0 Å². The molecule has 0 unspecified atom stereocenters. The molecule has 3 nitrogen and oxygen atoms in total. The number of para-hydroxylation sites is 4. The number of anilines is 3. The number of aromatic nitrogens is 2. The average molecular weight is 938 g/mol. The van der Waals surface area contributed by atoms with Crippen LogP contribution < -0.4 is 4.90 Å². The molecule has 0 fully saturated rings. The number of fused-ring (bicyclic) bond motifs is 9. The monoisotopic (exact) mass is 937 g/mol. The fourth-order valence-corrected chi connectivity index (χ4v) is 11.9. The van der Waals surface area contributed by atoms with Crippen molar-refractivity contribution in [2.24, 2.45) is 0 Å². The van der Waals surface area contributed by atoms with Gasteiger partial charge in [-0.05, 0) is 171 Å². The zero-order valence-electron chi connectivity index (χ0n) is 40.5. The van der Waals surface area contributed by atoms with Crippen molar-refractivity contribution in [3.05, 3.63) is 272 Å². The van der Waals surface area contributed by atoms with Crippen LogP contribution in [0, 0.1) is 5.82 Å². The zero-order chi connectivity index (χ0) is 48.8. The lowest BCUT2D eigenvalue weighted by Gasteiger charge is -2.29. The molecule has 0 N–H and O–H groups in total. The normalized spacial score (nSPS) is 12.7. The van der Waals surface area contributed by atoms with E-state index in [9.17, 15) is 4.39 Å². The van der Waals surface area contributed by atoms with Crippen molar-refractivity contribution in [3.63, 3.8) is 0 Å². The molecule has 73 heavy (non-hydrogen) atoms. The maximum Gasteiger partial charge on any atom is 0.123 e. The van der Waals surface area contributed by atoms with Gasteiger partial charge in [-0.2, -0.15) is 0 Å². The summed E-state index contributed by atoms with van der Waals surface area (Å²) in [6, 6.07) is 90.8. The summed E-state index contributed by atoms with van der Waals surface area (Å²) in [5.41, 5.74) is 21.4. The molecule has 346 valence electrons. The van der Waals surface area contributed by atoms with Gasteiger partial charge in [0.1, 0.15) is 5.82 Å². The highest BCUT2D eigenvalue weighted by molar-refractivity contribution is 6.12. The molecular weight excluding hydrogens is 890 g/mol. The Morgan fingerprint density at radius 3 is 1.41 bits per heavy atom. The summed E-state index contributed by atoms with van der Waals surface area (Å²) in [6.07, 6.45) is 0. The van der Waals surface area contributed by atoms with Gasteiger partial charge in [-0.1, -0.05) is 147 Å². The van der Waals surface area contributed by atoms with Gasteiger partial charge in [0.05, 0.1) is 27.8 Å². The Labute approximate surface area is 423 Å². The Hall–Kier alpha value is -9.25. The summed E-state index contributed by atoms with van der Waals surface area (Å²) >= 11 is 0. The maximum absolute atomic E-state index is 14.8. The van der Waals surface area contributed by atoms with Crippen LogP contribution in [0.15, 0.2) is 255 Å². The van der Waals surface area contributed by atoms with E-state index in [0.717, 1.165) is 61.8 Å². The van der Waals surface area contributed by atoms with Gasteiger partial charge < -0.3 is 14.0 Å². The molecule has 2 heterocycles. The zero-order valence-corrected chi connectivity index (χ0v) is 40.5. The molecule has 1 aliphatic rings. The third kappa shape index (κ3) is 6.86. The maximum atomic E-state index is 14.8. The number of rotatable bonds is 8. The first-order valence-electron chi connectivity index (χ1n) is 25.1. The van der Waals surface area contributed by atoms with Gasteiger partial charge in [0, 0.05) is 55.3 Å². The van der Waals surface area contributed by atoms with E-state index in [1.165, 1.54) is 65.9 Å². The molecule has 0 saturated carbocycles. The van der Waals surface area contributed by atoms with Gasteiger partial charge >= 0.3 is 0 Å². The van der Waals surface area contributed by atoms with Crippen molar-refractivity contribution in [1.29, 1.82) is 0 Å². The van der Waals surface area contributed by atoms with Crippen molar-refractivity contribution in [3.8, 4) is 55.9 Å². The Balaban J connectivity index is 0.979. The molecule has 13 aromatic rings. The van der Waals surface area contributed by atoms with Crippen molar-refractivity contribution in [1.82, 2.24) is 9.13 Å². The molecule has 4 heteroatoms.